The predicted octanol–water partition coefficient (Wildman–Crippen LogP) is 3.95. The lowest BCUT2D eigenvalue weighted by atomic mass is 10.2. The van der Waals surface area contributed by atoms with Gasteiger partial charge in [-0.15, -0.1) is 21.5 Å². The summed E-state index contributed by atoms with van der Waals surface area (Å²) in [6, 6.07) is 8.44. The highest BCUT2D eigenvalue weighted by atomic mass is 32.2. The summed E-state index contributed by atoms with van der Waals surface area (Å²) in [4.78, 5) is 12.7. The normalized spacial score (nSPS) is 11.6. The van der Waals surface area contributed by atoms with Crippen molar-refractivity contribution in [3.63, 3.8) is 0 Å². The van der Waals surface area contributed by atoms with Crippen LogP contribution in [0.4, 0.5) is 4.39 Å². The molecular formula is C17H15FN4OS2. The number of thioether (sulfide) groups is 1. The van der Waals surface area contributed by atoms with Crippen LogP contribution in [-0.4, -0.2) is 19.2 Å². The van der Waals surface area contributed by atoms with E-state index in [2.05, 4.69) is 10.2 Å². The number of fused-ring (bicyclic) bond motifs is 3. The van der Waals surface area contributed by atoms with Crippen LogP contribution in [0.1, 0.15) is 18.9 Å². The van der Waals surface area contributed by atoms with Crippen LogP contribution in [0.25, 0.3) is 16.0 Å². The lowest BCUT2D eigenvalue weighted by molar-refractivity contribution is 0.626. The first-order valence-corrected chi connectivity index (χ1v) is 9.78. The molecule has 0 N–H and O–H groups in total. The molecule has 5 nitrogen and oxygen atoms in total. The number of aryl methyl sites for hydroxylation is 1. The molecule has 25 heavy (non-hydrogen) atoms. The van der Waals surface area contributed by atoms with Gasteiger partial charge in [-0.3, -0.25) is 13.8 Å². The molecule has 1 aromatic carbocycles. The fourth-order valence-corrected chi connectivity index (χ4v) is 4.50. The molecule has 4 rings (SSSR count). The zero-order chi connectivity index (χ0) is 17.4. The monoisotopic (exact) mass is 374 g/mol. The molecule has 128 valence electrons. The zero-order valence-corrected chi connectivity index (χ0v) is 15.1. The highest BCUT2D eigenvalue weighted by Crippen LogP contribution is 2.26. The molecule has 0 spiro atoms. The first kappa shape index (κ1) is 16.3. The van der Waals surface area contributed by atoms with E-state index in [1.54, 1.807) is 10.6 Å². The summed E-state index contributed by atoms with van der Waals surface area (Å²) >= 11 is 2.91. The summed E-state index contributed by atoms with van der Waals surface area (Å²) in [7, 11) is 0. The third-order valence-electron chi connectivity index (χ3n) is 3.89. The Morgan fingerprint density at radius 1 is 1.28 bits per heavy atom. The number of nitrogens with zero attached hydrogens (tertiary/aromatic N) is 4. The Morgan fingerprint density at radius 3 is 2.96 bits per heavy atom. The van der Waals surface area contributed by atoms with Gasteiger partial charge in [0.2, 0.25) is 5.78 Å². The second-order valence-corrected chi connectivity index (χ2v) is 7.49. The van der Waals surface area contributed by atoms with Crippen LogP contribution in [0.3, 0.4) is 0 Å². The van der Waals surface area contributed by atoms with Gasteiger partial charge in [-0.1, -0.05) is 30.8 Å². The van der Waals surface area contributed by atoms with Gasteiger partial charge in [0, 0.05) is 12.3 Å². The van der Waals surface area contributed by atoms with E-state index in [0.29, 0.717) is 27.9 Å². The topological polar surface area (TPSA) is 52.2 Å². The standard InChI is InChI=1S/C17H15FN4OS2/c1-2-7-21-15(23)14-13(6-8-24-14)22-16(21)19-20-17(22)25-10-11-4-3-5-12(18)9-11/h3-6,8-9H,2,7,10H2,1H3. The van der Waals surface area contributed by atoms with E-state index in [4.69, 9.17) is 0 Å². The Hall–Kier alpha value is -2.19. The lowest BCUT2D eigenvalue weighted by Gasteiger charge is -2.08. The van der Waals surface area contributed by atoms with Crippen molar-refractivity contribution in [1.82, 2.24) is 19.2 Å². The molecular weight excluding hydrogens is 359 g/mol. The SMILES string of the molecule is CCCn1c(=O)c2sccc2n2c(SCc3cccc(F)c3)nnc12. The van der Waals surface area contributed by atoms with E-state index in [1.807, 2.05) is 28.8 Å². The second-order valence-electron chi connectivity index (χ2n) is 5.63. The molecule has 0 amide bonds. The van der Waals surface area contributed by atoms with E-state index >= 15 is 0 Å². The molecule has 0 fully saturated rings. The van der Waals surface area contributed by atoms with Crippen LogP contribution in [0, 0.1) is 5.82 Å². The van der Waals surface area contributed by atoms with Crippen molar-refractivity contribution >= 4 is 39.1 Å². The number of aromatic nitrogens is 4. The average molecular weight is 374 g/mol. The highest BCUT2D eigenvalue weighted by Gasteiger charge is 2.17. The minimum atomic E-state index is -0.249. The second kappa shape index (κ2) is 6.61. The van der Waals surface area contributed by atoms with E-state index in [1.165, 1.54) is 35.2 Å². The molecule has 8 heteroatoms. The maximum atomic E-state index is 13.4. The Bertz CT molecular complexity index is 1110. The largest absolute Gasteiger partial charge is 0.276 e. The predicted molar refractivity (Wildman–Crippen MR) is 98.9 cm³/mol. The van der Waals surface area contributed by atoms with Crippen molar-refractivity contribution in [3.05, 3.63) is 57.4 Å². The van der Waals surface area contributed by atoms with Gasteiger partial charge < -0.3 is 0 Å². The van der Waals surface area contributed by atoms with Crippen LogP contribution in [0.5, 0.6) is 0 Å². The smallest absolute Gasteiger partial charge is 0.272 e. The van der Waals surface area contributed by atoms with Crippen molar-refractivity contribution in [1.29, 1.82) is 0 Å². The molecule has 0 bridgehead atoms. The number of halogens is 1. The minimum Gasteiger partial charge on any atom is -0.276 e. The third kappa shape index (κ3) is 2.85. The Labute approximate surface area is 151 Å². The van der Waals surface area contributed by atoms with Crippen LogP contribution >= 0.6 is 23.1 Å². The molecule has 0 aliphatic rings. The van der Waals surface area contributed by atoms with Crippen LogP contribution in [-0.2, 0) is 12.3 Å². The Balaban J connectivity index is 1.81. The summed E-state index contributed by atoms with van der Waals surface area (Å²) in [5.74, 6) is 0.887. The third-order valence-corrected chi connectivity index (χ3v) is 5.78. The van der Waals surface area contributed by atoms with Crippen molar-refractivity contribution in [3.8, 4) is 0 Å². The van der Waals surface area contributed by atoms with Gasteiger partial charge in [-0.05, 0) is 35.6 Å². The van der Waals surface area contributed by atoms with Gasteiger partial charge in [0.25, 0.3) is 5.56 Å². The molecule has 0 aliphatic heterocycles. The number of rotatable bonds is 5. The fourth-order valence-electron chi connectivity index (χ4n) is 2.79. The number of hydrogen-bond donors (Lipinski definition) is 0. The highest BCUT2D eigenvalue weighted by molar-refractivity contribution is 7.98. The molecule has 0 saturated heterocycles. The van der Waals surface area contributed by atoms with Crippen molar-refractivity contribution < 1.29 is 4.39 Å². The first-order valence-electron chi connectivity index (χ1n) is 7.91. The molecule has 3 aromatic heterocycles. The van der Waals surface area contributed by atoms with Crippen LogP contribution in [0.15, 0.2) is 45.7 Å². The van der Waals surface area contributed by atoms with Gasteiger partial charge in [-0.25, -0.2) is 4.39 Å². The molecule has 0 saturated carbocycles. The first-order chi connectivity index (χ1) is 12.2. The fraction of sp³-hybridized carbons (Fsp3) is 0.235. The molecule has 0 atom stereocenters. The summed E-state index contributed by atoms with van der Waals surface area (Å²) < 4.78 is 17.7. The average Bonchev–Trinajstić information content (AvgIpc) is 3.23. The molecule has 4 aromatic rings. The summed E-state index contributed by atoms with van der Waals surface area (Å²) in [5.41, 5.74) is 1.68. The van der Waals surface area contributed by atoms with Gasteiger partial charge in [0.05, 0.1) is 5.52 Å². The summed E-state index contributed by atoms with van der Waals surface area (Å²) in [6.07, 6.45) is 0.838. The van der Waals surface area contributed by atoms with Crippen molar-refractivity contribution in [2.24, 2.45) is 0 Å². The minimum absolute atomic E-state index is 0.0200. The molecule has 3 heterocycles. The molecule has 0 radical (unpaired) electrons. The summed E-state index contributed by atoms with van der Waals surface area (Å²) in [5, 5.41) is 11.1. The number of thiophene rings is 1. The van der Waals surface area contributed by atoms with Crippen LogP contribution < -0.4 is 5.56 Å². The van der Waals surface area contributed by atoms with Gasteiger partial charge in [0.15, 0.2) is 5.16 Å². The van der Waals surface area contributed by atoms with Gasteiger partial charge in [0.1, 0.15) is 10.5 Å². The van der Waals surface area contributed by atoms with Gasteiger partial charge in [-0.2, -0.15) is 0 Å². The van der Waals surface area contributed by atoms with Gasteiger partial charge >= 0.3 is 0 Å². The maximum absolute atomic E-state index is 13.4. The maximum Gasteiger partial charge on any atom is 0.272 e. The number of benzene rings is 1. The van der Waals surface area contributed by atoms with Crippen LogP contribution in [0.2, 0.25) is 0 Å². The van der Waals surface area contributed by atoms with E-state index < -0.39 is 0 Å². The molecule has 0 unspecified atom stereocenters. The summed E-state index contributed by atoms with van der Waals surface area (Å²) in [6.45, 7) is 2.63. The zero-order valence-electron chi connectivity index (χ0n) is 13.5. The Kier molecular flexibility index (Phi) is 4.30. The number of hydrogen-bond acceptors (Lipinski definition) is 5. The Morgan fingerprint density at radius 2 is 2.16 bits per heavy atom. The van der Waals surface area contributed by atoms with Crippen molar-refractivity contribution in [2.45, 2.75) is 30.8 Å². The lowest BCUT2D eigenvalue weighted by Crippen LogP contribution is -2.22. The van der Waals surface area contributed by atoms with Crippen molar-refractivity contribution in [2.75, 3.05) is 0 Å². The van der Waals surface area contributed by atoms with E-state index in [-0.39, 0.29) is 11.4 Å². The molecule has 0 aliphatic carbocycles. The van der Waals surface area contributed by atoms with E-state index in [0.717, 1.165) is 17.5 Å². The quantitative estimate of drug-likeness (QED) is 0.497. The van der Waals surface area contributed by atoms with E-state index in [9.17, 15) is 9.18 Å².